The summed E-state index contributed by atoms with van der Waals surface area (Å²) in [6.45, 7) is 4.02. The van der Waals surface area contributed by atoms with Crippen molar-refractivity contribution in [3.8, 4) is 0 Å². The van der Waals surface area contributed by atoms with E-state index in [2.05, 4.69) is 15.5 Å². The number of amides is 2. The van der Waals surface area contributed by atoms with E-state index in [0.29, 0.717) is 19.5 Å². The van der Waals surface area contributed by atoms with Crippen molar-refractivity contribution in [2.75, 3.05) is 33.7 Å². The predicted octanol–water partition coefficient (Wildman–Crippen LogP) is 0.738. The van der Waals surface area contributed by atoms with Crippen LogP contribution in [0.25, 0.3) is 0 Å². The fourth-order valence-electron chi connectivity index (χ4n) is 1.40. The summed E-state index contributed by atoms with van der Waals surface area (Å²) < 4.78 is 0. The van der Waals surface area contributed by atoms with Crippen molar-refractivity contribution in [2.24, 2.45) is 5.92 Å². The van der Waals surface area contributed by atoms with Gasteiger partial charge < -0.3 is 20.6 Å². The van der Waals surface area contributed by atoms with Gasteiger partial charge in [-0.2, -0.15) is 0 Å². The Kier molecular flexibility index (Phi) is 9.00. The maximum absolute atomic E-state index is 11.4. The van der Waals surface area contributed by atoms with Crippen molar-refractivity contribution in [2.45, 2.75) is 26.2 Å². The first kappa shape index (κ1) is 16.7. The number of aliphatic carboxylic acids is 1. The molecule has 18 heavy (non-hydrogen) atoms. The van der Waals surface area contributed by atoms with Gasteiger partial charge in [0.05, 0.1) is 0 Å². The molecule has 0 aromatic rings. The summed E-state index contributed by atoms with van der Waals surface area (Å²) in [5.41, 5.74) is 0. The average Bonchev–Trinajstić information content (AvgIpc) is 2.29. The number of urea groups is 1. The van der Waals surface area contributed by atoms with Gasteiger partial charge >= 0.3 is 12.0 Å². The molecular formula is C12H25N3O3. The number of rotatable bonds is 9. The van der Waals surface area contributed by atoms with Gasteiger partial charge in [-0.25, -0.2) is 4.79 Å². The smallest absolute Gasteiger partial charge is 0.314 e. The summed E-state index contributed by atoms with van der Waals surface area (Å²) in [6, 6.07) is -0.184. The van der Waals surface area contributed by atoms with Crippen LogP contribution in [0.5, 0.6) is 0 Å². The van der Waals surface area contributed by atoms with E-state index in [-0.39, 0.29) is 18.4 Å². The molecule has 3 N–H and O–H groups in total. The first-order valence-electron chi connectivity index (χ1n) is 6.30. The highest BCUT2D eigenvalue weighted by Crippen LogP contribution is 2.03. The number of hydrogen-bond donors (Lipinski definition) is 3. The Morgan fingerprint density at radius 1 is 1.28 bits per heavy atom. The summed E-state index contributed by atoms with van der Waals surface area (Å²) in [5.74, 6) is -0.622. The monoisotopic (exact) mass is 259 g/mol. The van der Waals surface area contributed by atoms with Crippen LogP contribution in [0.1, 0.15) is 26.2 Å². The van der Waals surface area contributed by atoms with Crippen LogP contribution in [-0.2, 0) is 4.79 Å². The third-order valence-corrected chi connectivity index (χ3v) is 2.53. The van der Waals surface area contributed by atoms with Crippen molar-refractivity contribution in [1.29, 1.82) is 0 Å². The molecule has 1 unspecified atom stereocenters. The van der Waals surface area contributed by atoms with Gasteiger partial charge in [0.2, 0.25) is 0 Å². The number of nitrogens with zero attached hydrogens (tertiary/aromatic N) is 1. The minimum Gasteiger partial charge on any atom is -0.481 e. The highest BCUT2D eigenvalue weighted by atomic mass is 16.4. The van der Waals surface area contributed by atoms with Crippen LogP contribution in [0, 0.1) is 5.92 Å². The molecule has 0 aromatic heterocycles. The van der Waals surface area contributed by atoms with Crippen LogP contribution in [0.4, 0.5) is 4.79 Å². The Balaban J connectivity index is 3.48. The molecule has 0 aliphatic rings. The zero-order valence-electron chi connectivity index (χ0n) is 11.5. The largest absolute Gasteiger partial charge is 0.481 e. The normalized spacial score (nSPS) is 12.2. The third kappa shape index (κ3) is 11.2. The SMILES string of the molecule is CC(CCC(=O)O)CNC(=O)NCCCN(C)C. The van der Waals surface area contributed by atoms with Gasteiger partial charge in [0.25, 0.3) is 0 Å². The Bertz CT molecular complexity index is 257. The highest BCUT2D eigenvalue weighted by molar-refractivity contribution is 5.73. The van der Waals surface area contributed by atoms with E-state index in [1.807, 2.05) is 21.0 Å². The van der Waals surface area contributed by atoms with Gasteiger partial charge in [-0.05, 0) is 39.4 Å². The van der Waals surface area contributed by atoms with Crippen LogP contribution >= 0.6 is 0 Å². The molecule has 0 rings (SSSR count). The number of carboxylic acid groups (broad SMARTS) is 1. The average molecular weight is 259 g/mol. The van der Waals surface area contributed by atoms with Gasteiger partial charge in [0.15, 0.2) is 0 Å². The van der Waals surface area contributed by atoms with Crippen LogP contribution in [0.3, 0.4) is 0 Å². The lowest BCUT2D eigenvalue weighted by Gasteiger charge is -2.13. The van der Waals surface area contributed by atoms with Gasteiger partial charge in [0, 0.05) is 19.5 Å². The van der Waals surface area contributed by atoms with E-state index in [1.54, 1.807) is 0 Å². The standard InChI is InChI=1S/C12H25N3O3/c1-10(5-6-11(16)17)9-14-12(18)13-7-4-8-15(2)3/h10H,4-9H2,1-3H3,(H,16,17)(H2,13,14,18). The van der Waals surface area contributed by atoms with Crippen LogP contribution < -0.4 is 10.6 Å². The maximum atomic E-state index is 11.4. The summed E-state index contributed by atoms with van der Waals surface area (Å²) in [7, 11) is 3.98. The quantitative estimate of drug-likeness (QED) is 0.533. The molecule has 0 saturated carbocycles. The van der Waals surface area contributed by atoms with E-state index in [9.17, 15) is 9.59 Å². The van der Waals surface area contributed by atoms with E-state index in [4.69, 9.17) is 5.11 Å². The van der Waals surface area contributed by atoms with E-state index >= 15 is 0 Å². The van der Waals surface area contributed by atoms with Crippen LogP contribution in [0.15, 0.2) is 0 Å². The van der Waals surface area contributed by atoms with Crippen molar-refractivity contribution in [3.63, 3.8) is 0 Å². The van der Waals surface area contributed by atoms with Gasteiger partial charge in [0.1, 0.15) is 0 Å². The minimum atomic E-state index is -0.796. The van der Waals surface area contributed by atoms with E-state index in [0.717, 1.165) is 13.0 Å². The molecular weight excluding hydrogens is 234 g/mol. The lowest BCUT2D eigenvalue weighted by Crippen LogP contribution is -2.38. The summed E-state index contributed by atoms with van der Waals surface area (Å²) >= 11 is 0. The molecule has 0 spiro atoms. The minimum absolute atomic E-state index is 0.146. The summed E-state index contributed by atoms with van der Waals surface area (Å²) in [4.78, 5) is 23.8. The number of carbonyl (C=O) groups is 2. The second kappa shape index (κ2) is 9.70. The zero-order chi connectivity index (χ0) is 14.0. The molecule has 0 aliphatic heterocycles. The summed E-state index contributed by atoms with van der Waals surface area (Å²) in [5, 5.41) is 14.0. The number of hydrogen-bond acceptors (Lipinski definition) is 3. The van der Waals surface area contributed by atoms with Crippen molar-refractivity contribution >= 4 is 12.0 Å². The number of carboxylic acids is 1. The van der Waals surface area contributed by atoms with E-state index in [1.165, 1.54) is 0 Å². The Morgan fingerprint density at radius 3 is 2.50 bits per heavy atom. The van der Waals surface area contributed by atoms with Crippen LogP contribution in [0.2, 0.25) is 0 Å². The predicted molar refractivity (Wildman–Crippen MR) is 70.6 cm³/mol. The number of nitrogens with one attached hydrogen (secondary N) is 2. The molecule has 106 valence electrons. The van der Waals surface area contributed by atoms with E-state index < -0.39 is 5.97 Å². The first-order valence-corrected chi connectivity index (χ1v) is 6.30. The van der Waals surface area contributed by atoms with Crippen molar-refractivity contribution in [1.82, 2.24) is 15.5 Å². The Hall–Kier alpha value is -1.30. The summed E-state index contributed by atoms with van der Waals surface area (Å²) in [6.07, 6.45) is 1.64. The lowest BCUT2D eigenvalue weighted by molar-refractivity contribution is -0.137. The first-order chi connectivity index (χ1) is 8.41. The molecule has 2 amide bonds. The molecule has 0 fully saturated rings. The highest BCUT2D eigenvalue weighted by Gasteiger charge is 2.07. The second-order valence-corrected chi connectivity index (χ2v) is 4.83. The molecule has 0 bridgehead atoms. The topological polar surface area (TPSA) is 81.7 Å². The molecule has 0 aromatic carbocycles. The Morgan fingerprint density at radius 2 is 1.94 bits per heavy atom. The molecule has 0 heterocycles. The van der Waals surface area contributed by atoms with Gasteiger partial charge in [-0.3, -0.25) is 4.79 Å². The molecule has 6 heteroatoms. The Labute approximate surface area is 109 Å². The van der Waals surface area contributed by atoms with Crippen LogP contribution in [-0.4, -0.2) is 55.7 Å². The lowest BCUT2D eigenvalue weighted by atomic mass is 10.1. The number of carbonyl (C=O) groups excluding carboxylic acids is 1. The fourth-order valence-corrected chi connectivity index (χ4v) is 1.40. The maximum Gasteiger partial charge on any atom is 0.314 e. The molecule has 1 atom stereocenters. The van der Waals surface area contributed by atoms with Gasteiger partial charge in [-0.15, -0.1) is 0 Å². The molecule has 0 saturated heterocycles. The van der Waals surface area contributed by atoms with Crippen molar-refractivity contribution < 1.29 is 14.7 Å². The van der Waals surface area contributed by atoms with Gasteiger partial charge in [-0.1, -0.05) is 6.92 Å². The molecule has 0 radical (unpaired) electrons. The molecule has 6 nitrogen and oxygen atoms in total. The van der Waals surface area contributed by atoms with Crippen molar-refractivity contribution in [3.05, 3.63) is 0 Å². The second-order valence-electron chi connectivity index (χ2n) is 4.83. The zero-order valence-corrected chi connectivity index (χ0v) is 11.5. The fraction of sp³-hybridized carbons (Fsp3) is 0.833. The molecule has 0 aliphatic carbocycles. The third-order valence-electron chi connectivity index (χ3n) is 2.53.